The third-order valence-electron chi connectivity index (χ3n) is 5.05. The Morgan fingerprint density at radius 2 is 1.53 bits per heavy atom. The van der Waals surface area contributed by atoms with Gasteiger partial charge >= 0.3 is 0 Å². The number of anilines is 1. The summed E-state index contributed by atoms with van der Waals surface area (Å²) < 4.78 is 13.2. The van der Waals surface area contributed by atoms with Crippen LogP contribution in [0.25, 0.3) is 5.57 Å². The maximum atomic E-state index is 13.3. The summed E-state index contributed by atoms with van der Waals surface area (Å²) in [5.41, 5.74) is 4.78. The summed E-state index contributed by atoms with van der Waals surface area (Å²) in [7, 11) is 0. The summed E-state index contributed by atoms with van der Waals surface area (Å²) in [6, 6.07) is 20.9. The average molecular weight is 400 g/mol. The number of benzene rings is 3. The van der Waals surface area contributed by atoms with Crippen LogP contribution in [0.15, 0.2) is 78.5 Å². The van der Waals surface area contributed by atoms with Crippen LogP contribution in [0.1, 0.15) is 22.3 Å². The van der Waals surface area contributed by atoms with E-state index in [1.54, 1.807) is 12.1 Å². The minimum Gasteiger partial charge on any atom is -0.350 e. The fraction of sp³-hybridized carbons (Fsp3) is 0.120. The average Bonchev–Trinajstić information content (AvgIpc) is 2.95. The van der Waals surface area contributed by atoms with Crippen LogP contribution >= 0.6 is 0 Å². The molecule has 0 radical (unpaired) electrons. The smallest absolute Gasteiger partial charge is 0.278 e. The lowest BCUT2D eigenvalue weighted by Gasteiger charge is -2.15. The number of aryl methyl sites for hydroxylation is 2. The highest BCUT2D eigenvalue weighted by Crippen LogP contribution is 2.31. The van der Waals surface area contributed by atoms with Crippen LogP contribution in [0.5, 0.6) is 0 Å². The third kappa shape index (κ3) is 3.87. The molecule has 1 N–H and O–H groups in total. The normalized spacial score (nSPS) is 13.9. The molecule has 1 aliphatic rings. The maximum Gasteiger partial charge on any atom is 0.278 e. The van der Waals surface area contributed by atoms with Gasteiger partial charge in [0.25, 0.3) is 11.8 Å². The van der Waals surface area contributed by atoms with Crippen molar-refractivity contribution in [1.82, 2.24) is 4.90 Å². The molecule has 150 valence electrons. The molecule has 4 nitrogen and oxygen atoms in total. The van der Waals surface area contributed by atoms with Crippen molar-refractivity contribution in [3.8, 4) is 0 Å². The standard InChI is InChI=1S/C25H21FN2O2/c1-16-6-10-19(11-7-16)22-23(27-21-5-3-4-17(2)14-21)25(30)28(24(22)29)15-18-8-12-20(26)13-9-18/h3-14,27H,15H2,1-2H3. The van der Waals surface area contributed by atoms with Crippen LogP contribution in [0.4, 0.5) is 10.1 Å². The van der Waals surface area contributed by atoms with Gasteiger partial charge in [-0.3, -0.25) is 14.5 Å². The van der Waals surface area contributed by atoms with Gasteiger partial charge in [0.1, 0.15) is 11.5 Å². The van der Waals surface area contributed by atoms with Gasteiger partial charge in [0, 0.05) is 5.69 Å². The van der Waals surface area contributed by atoms with Crippen molar-refractivity contribution in [2.45, 2.75) is 20.4 Å². The number of hydrogen-bond acceptors (Lipinski definition) is 3. The van der Waals surface area contributed by atoms with Crippen molar-refractivity contribution in [3.05, 3.63) is 107 Å². The van der Waals surface area contributed by atoms with Gasteiger partial charge in [0.15, 0.2) is 0 Å². The predicted octanol–water partition coefficient (Wildman–Crippen LogP) is 4.83. The second-order valence-corrected chi connectivity index (χ2v) is 7.43. The number of carbonyl (C=O) groups excluding carboxylic acids is 2. The van der Waals surface area contributed by atoms with Crippen molar-refractivity contribution in [2.75, 3.05) is 5.32 Å². The van der Waals surface area contributed by atoms with Crippen LogP contribution in [-0.4, -0.2) is 16.7 Å². The first-order valence-corrected chi connectivity index (χ1v) is 9.68. The molecule has 5 heteroatoms. The molecule has 0 atom stereocenters. The summed E-state index contributed by atoms with van der Waals surface area (Å²) in [5, 5.41) is 3.16. The molecule has 0 saturated heterocycles. The first-order chi connectivity index (χ1) is 14.4. The zero-order valence-corrected chi connectivity index (χ0v) is 16.8. The van der Waals surface area contributed by atoms with Crippen molar-refractivity contribution >= 4 is 23.1 Å². The van der Waals surface area contributed by atoms with E-state index in [0.717, 1.165) is 16.8 Å². The largest absolute Gasteiger partial charge is 0.350 e. The molecule has 0 spiro atoms. The fourth-order valence-electron chi connectivity index (χ4n) is 3.46. The van der Waals surface area contributed by atoms with E-state index in [-0.39, 0.29) is 24.0 Å². The van der Waals surface area contributed by atoms with Crippen molar-refractivity contribution in [3.63, 3.8) is 0 Å². The van der Waals surface area contributed by atoms with Gasteiger partial charge in [-0.2, -0.15) is 0 Å². The van der Waals surface area contributed by atoms with Crippen LogP contribution in [0, 0.1) is 19.7 Å². The minimum atomic E-state index is -0.401. The quantitative estimate of drug-likeness (QED) is 0.624. The van der Waals surface area contributed by atoms with Crippen molar-refractivity contribution < 1.29 is 14.0 Å². The number of imide groups is 1. The zero-order chi connectivity index (χ0) is 21.3. The lowest BCUT2D eigenvalue weighted by atomic mass is 10.0. The summed E-state index contributed by atoms with van der Waals surface area (Å²) in [5.74, 6) is -1.14. The predicted molar refractivity (Wildman–Crippen MR) is 115 cm³/mol. The molecule has 1 aliphatic heterocycles. The van der Waals surface area contributed by atoms with Gasteiger partial charge in [0.2, 0.25) is 0 Å². The number of carbonyl (C=O) groups is 2. The Kier molecular flexibility index (Phi) is 5.19. The molecule has 0 unspecified atom stereocenters. The Balaban J connectivity index is 1.73. The first-order valence-electron chi connectivity index (χ1n) is 9.68. The number of rotatable bonds is 5. The second kappa shape index (κ2) is 7.95. The van der Waals surface area contributed by atoms with E-state index in [9.17, 15) is 14.0 Å². The molecule has 3 aromatic carbocycles. The monoisotopic (exact) mass is 400 g/mol. The van der Waals surface area contributed by atoms with Crippen molar-refractivity contribution in [2.24, 2.45) is 0 Å². The van der Waals surface area contributed by atoms with Gasteiger partial charge in [-0.05, 0) is 54.8 Å². The Morgan fingerprint density at radius 1 is 0.833 bits per heavy atom. The SMILES string of the molecule is Cc1ccc(C2=C(Nc3cccc(C)c3)C(=O)N(Cc3ccc(F)cc3)C2=O)cc1. The van der Waals surface area contributed by atoms with Crippen LogP contribution in [0.3, 0.4) is 0 Å². The van der Waals surface area contributed by atoms with Crippen molar-refractivity contribution in [1.29, 1.82) is 0 Å². The molecular formula is C25H21FN2O2. The van der Waals surface area contributed by atoms with E-state index >= 15 is 0 Å². The van der Waals surface area contributed by atoms with E-state index < -0.39 is 5.91 Å². The van der Waals surface area contributed by atoms with E-state index in [1.165, 1.54) is 17.0 Å². The first kappa shape index (κ1) is 19.6. The number of nitrogens with one attached hydrogen (secondary N) is 1. The zero-order valence-electron chi connectivity index (χ0n) is 16.8. The molecule has 0 aliphatic carbocycles. The maximum absolute atomic E-state index is 13.3. The van der Waals surface area contributed by atoms with Crippen LogP contribution in [-0.2, 0) is 16.1 Å². The lowest BCUT2D eigenvalue weighted by Crippen LogP contribution is -2.32. The molecule has 0 bridgehead atoms. The van der Waals surface area contributed by atoms with Gasteiger partial charge in [0.05, 0.1) is 12.1 Å². The highest BCUT2D eigenvalue weighted by molar-refractivity contribution is 6.36. The van der Waals surface area contributed by atoms with E-state index in [0.29, 0.717) is 16.7 Å². The second-order valence-electron chi connectivity index (χ2n) is 7.43. The molecule has 0 aromatic heterocycles. The van der Waals surface area contributed by atoms with Gasteiger partial charge in [-0.1, -0.05) is 54.1 Å². The molecule has 0 saturated carbocycles. The van der Waals surface area contributed by atoms with Gasteiger partial charge in [-0.15, -0.1) is 0 Å². The summed E-state index contributed by atoms with van der Waals surface area (Å²) in [4.78, 5) is 27.7. The Morgan fingerprint density at radius 3 is 2.20 bits per heavy atom. The molecular weight excluding hydrogens is 379 g/mol. The Bertz CT molecular complexity index is 1150. The van der Waals surface area contributed by atoms with E-state index in [4.69, 9.17) is 0 Å². The molecule has 3 aromatic rings. The highest BCUT2D eigenvalue weighted by atomic mass is 19.1. The number of halogens is 1. The van der Waals surface area contributed by atoms with E-state index in [1.807, 2.05) is 62.4 Å². The molecule has 2 amide bonds. The van der Waals surface area contributed by atoms with Crippen LogP contribution in [0.2, 0.25) is 0 Å². The van der Waals surface area contributed by atoms with Crippen LogP contribution < -0.4 is 5.32 Å². The molecule has 4 rings (SSSR count). The van der Waals surface area contributed by atoms with Gasteiger partial charge < -0.3 is 5.32 Å². The highest BCUT2D eigenvalue weighted by Gasteiger charge is 2.39. The summed E-state index contributed by atoms with van der Waals surface area (Å²) in [6.07, 6.45) is 0. The number of nitrogens with zero attached hydrogens (tertiary/aromatic N) is 1. The minimum absolute atomic E-state index is 0.0757. The van der Waals surface area contributed by atoms with Gasteiger partial charge in [-0.25, -0.2) is 4.39 Å². The molecule has 30 heavy (non-hydrogen) atoms. The Labute approximate surface area is 174 Å². The Hall–Kier alpha value is -3.73. The topological polar surface area (TPSA) is 49.4 Å². The summed E-state index contributed by atoms with van der Waals surface area (Å²) >= 11 is 0. The molecule has 1 heterocycles. The summed E-state index contributed by atoms with van der Waals surface area (Å²) in [6.45, 7) is 4.00. The lowest BCUT2D eigenvalue weighted by molar-refractivity contribution is -0.137. The van der Waals surface area contributed by atoms with E-state index in [2.05, 4.69) is 5.32 Å². The third-order valence-corrected chi connectivity index (χ3v) is 5.05. The number of amides is 2. The fourth-order valence-corrected chi connectivity index (χ4v) is 3.46. The number of hydrogen-bond donors (Lipinski definition) is 1. The molecule has 0 fully saturated rings.